The van der Waals surface area contributed by atoms with E-state index in [9.17, 15) is 9.59 Å². The Kier molecular flexibility index (Phi) is 3.71. The second-order valence-electron chi connectivity index (χ2n) is 4.94. The normalized spacial score (nSPS) is 11.2. The predicted molar refractivity (Wildman–Crippen MR) is 76.0 cm³/mol. The maximum atomic E-state index is 12.3. The van der Waals surface area contributed by atoms with Crippen LogP contribution in [0.1, 0.15) is 34.8 Å². The first-order valence-corrected chi connectivity index (χ1v) is 6.99. The summed E-state index contributed by atoms with van der Waals surface area (Å²) in [5, 5.41) is 2.74. The van der Waals surface area contributed by atoms with E-state index in [1.165, 1.54) is 21.9 Å². The lowest BCUT2D eigenvalue weighted by Crippen LogP contribution is -2.33. The van der Waals surface area contributed by atoms with Crippen molar-refractivity contribution in [2.75, 3.05) is 6.54 Å². The van der Waals surface area contributed by atoms with Crippen LogP contribution in [0.25, 0.3) is 4.96 Å². The highest BCUT2D eigenvalue weighted by Crippen LogP contribution is 2.18. The zero-order valence-corrected chi connectivity index (χ0v) is 12.3. The first kappa shape index (κ1) is 13.7. The number of carbonyl (C=O) groups is 1. The summed E-state index contributed by atoms with van der Waals surface area (Å²) < 4.78 is 1.50. The standard InChI is InChI=1S/C13H17N3O2S/c1-7(2)5-14-11(17)10-6-15-13-16(12(10)18)8(3)9(4)19-13/h6-7H,5H2,1-4H3,(H,14,17). The third-order valence-electron chi connectivity index (χ3n) is 2.93. The molecule has 0 atom stereocenters. The lowest BCUT2D eigenvalue weighted by molar-refractivity contribution is 0.0947. The molecule has 0 saturated heterocycles. The fourth-order valence-electron chi connectivity index (χ4n) is 1.72. The molecule has 0 aliphatic carbocycles. The van der Waals surface area contributed by atoms with Crippen molar-refractivity contribution < 1.29 is 4.79 Å². The molecule has 102 valence electrons. The van der Waals surface area contributed by atoms with Crippen LogP contribution >= 0.6 is 11.3 Å². The minimum Gasteiger partial charge on any atom is -0.352 e. The molecule has 2 heterocycles. The molecule has 2 aromatic rings. The Morgan fingerprint density at radius 3 is 2.79 bits per heavy atom. The number of hydrogen-bond donors (Lipinski definition) is 1. The van der Waals surface area contributed by atoms with Gasteiger partial charge in [0.15, 0.2) is 4.96 Å². The number of thiazole rings is 1. The number of nitrogens with zero attached hydrogens (tertiary/aromatic N) is 2. The van der Waals surface area contributed by atoms with Crippen molar-refractivity contribution in [2.45, 2.75) is 27.7 Å². The van der Waals surface area contributed by atoms with Gasteiger partial charge in [0.2, 0.25) is 0 Å². The number of rotatable bonds is 3. The largest absolute Gasteiger partial charge is 0.352 e. The van der Waals surface area contributed by atoms with Crippen molar-refractivity contribution in [2.24, 2.45) is 5.92 Å². The maximum Gasteiger partial charge on any atom is 0.271 e. The van der Waals surface area contributed by atoms with E-state index in [-0.39, 0.29) is 17.0 Å². The van der Waals surface area contributed by atoms with Crippen molar-refractivity contribution in [1.29, 1.82) is 0 Å². The van der Waals surface area contributed by atoms with E-state index in [1.807, 2.05) is 27.7 Å². The molecule has 0 bridgehead atoms. The van der Waals surface area contributed by atoms with Gasteiger partial charge in [-0.05, 0) is 19.8 Å². The van der Waals surface area contributed by atoms with Crippen LogP contribution in [0.5, 0.6) is 0 Å². The van der Waals surface area contributed by atoms with Gasteiger partial charge in [-0.3, -0.25) is 14.0 Å². The Hall–Kier alpha value is -1.69. The Morgan fingerprint density at radius 2 is 2.16 bits per heavy atom. The predicted octanol–water partition coefficient (Wildman–Crippen LogP) is 1.76. The van der Waals surface area contributed by atoms with E-state index in [4.69, 9.17) is 0 Å². The average Bonchev–Trinajstić information content (AvgIpc) is 2.63. The van der Waals surface area contributed by atoms with E-state index < -0.39 is 0 Å². The van der Waals surface area contributed by atoms with Crippen LogP contribution in [-0.4, -0.2) is 21.8 Å². The second-order valence-corrected chi connectivity index (χ2v) is 6.12. The first-order chi connectivity index (χ1) is 8.91. The van der Waals surface area contributed by atoms with Gasteiger partial charge in [-0.25, -0.2) is 4.98 Å². The second kappa shape index (κ2) is 5.13. The van der Waals surface area contributed by atoms with Gasteiger partial charge in [0.25, 0.3) is 11.5 Å². The summed E-state index contributed by atoms with van der Waals surface area (Å²) in [6.07, 6.45) is 1.36. The van der Waals surface area contributed by atoms with E-state index >= 15 is 0 Å². The Balaban J connectivity index is 2.45. The summed E-state index contributed by atoms with van der Waals surface area (Å²) in [5.74, 6) is -0.0163. The number of fused-ring (bicyclic) bond motifs is 1. The molecule has 0 aliphatic rings. The quantitative estimate of drug-likeness (QED) is 0.931. The number of amides is 1. The first-order valence-electron chi connectivity index (χ1n) is 6.17. The minimum absolute atomic E-state index is 0.0963. The van der Waals surface area contributed by atoms with E-state index in [2.05, 4.69) is 10.3 Å². The number of aryl methyl sites for hydroxylation is 2. The van der Waals surface area contributed by atoms with Gasteiger partial charge < -0.3 is 5.32 Å². The summed E-state index contributed by atoms with van der Waals surface area (Å²) in [4.78, 5) is 30.1. The molecule has 2 rings (SSSR count). The van der Waals surface area contributed by atoms with Crippen LogP contribution in [-0.2, 0) is 0 Å². The number of aromatic nitrogens is 2. The van der Waals surface area contributed by atoms with E-state index in [0.29, 0.717) is 17.4 Å². The third-order valence-corrected chi connectivity index (χ3v) is 4.01. The topological polar surface area (TPSA) is 63.5 Å². The van der Waals surface area contributed by atoms with Crippen molar-refractivity contribution >= 4 is 22.2 Å². The van der Waals surface area contributed by atoms with Gasteiger partial charge in [0, 0.05) is 23.3 Å². The van der Waals surface area contributed by atoms with Crippen LogP contribution in [0.3, 0.4) is 0 Å². The molecular formula is C13H17N3O2S. The molecule has 5 nitrogen and oxygen atoms in total. The van der Waals surface area contributed by atoms with Gasteiger partial charge in [0.05, 0.1) is 0 Å². The third kappa shape index (κ3) is 2.53. The highest BCUT2D eigenvalue weighted by atomic mass is 32.1. The number of carbonyl (C=O) groups excluding carboxylic acids is 1. The summed E-state index contributed by atoms with van der Waals surface area (Å²) in [7, 11) is 0. The molecule has 19 heavy (non-hydrogen) atoms. The summed E-state index contributed by atoms with van der Waals surface area (Å²) in [6, 6.07) is 0. The fraction of sp³-hybridized carbons (Fsp3) is 0.462. The minimum atomic E-state index is -0.358. The maximum absolute atomic E-state index is 12.3. The molecule has 0 unspecified atom stereocenters. The number of hydrogen-bond acceptors (Lipinski definition) is 4. The van der Waals surface area contributed by atoms with Gasteiger partial charge in [-0.2, -0.15) is 0 Å². The molecule has 0 aromatic carbocycles. The smallest absolute Gasteiger partial charge is 0.271 e. The molecule has 0 aliphatic heterocycles. The summed E-state index contributed by atoms with van der Waals surface area (Å²) in [5.41, 5.74) is 0.642. The fourth-order valence-corrected chi connectivity index (χ4v) is 2.65. The lowest BCUT2D eigenvalue weighted by Gasteiger charge is -2.07. The van der Waals surface area contributed by atoms with Crippen LogP contribution < -0.4 is 10.9 Å². The Bertz CT molecular complexity index is 685. The van der Waals surface area contributed by atoms with E-state index in [0.717, 1.165) is 10.6 Å². The average molecular weight is 279 g/mol. The van der Waals surface area contributed by atoms with Crippen LogP contribution in [0.2, 0.25) is 0 Å². The van der Waals surface area contributed by atoms with Crippen molar-refractivity contribution in [1.82, 2.24) is 14.7 Å². The highest BCUT2D eigenvalue weighted by Gasteiger charge is 2.16. The van der Waals surface area contributed by atoms with Gasteiger partial charge in [-0.1, -0.05) is 13.8 Å². The van der Waals surface area contributed by atoms with E-state index in [1.54, 1.807) is 0 Å². The monoisotopic (exact) mass is 279 g/mol. The Morgan fingerprint density at radius 1 is 1.47 bits per heavy atom. The highest BCUT2D eigenvalue weighted by molar-refractivity contribution is 7.17. The molecule has 0 spiro atoms. The van der Waals surface area contributed by atoms with Crippen molar-refractivity contribution in [3.63, 3.8) is 0 Å². The summed E-state index contributed by atoms with van der Waals surface area (Å²) in [6.45, 7) is 8.34. The SMILES string of the molecule is Cc1sc2ncc(C(=O)NCC(C)C)c(=O)n2c1C. The molecule has 1 N–H and O–H groups in total. The zero-order valence-electron chi connectivity index (χ0n) is 11.5. The molecule has 0 saturated carbocycles. The lowest BCUT2D eigenvalue weighted by atomic mass is 10.2. The molecule has 0 fully saturated rings. The molecule has 2 aromatic heterocycles. The van der Waals surface area contributed by atoms with Crippen LogP contribution in [0.4, 0.5) is 0 Å². The molecular weight excluding hydrogens is 262 g/mol. The molecule has 0 radical (unpaired) electrons. The zero-order chi connectivity index (χ0) is 14.2. The van der Waals surface area contributed by atoms with Gasteiger partial charge >= 0.3 is 0 Å². The molecule has 6 heteroatoms. The van der Waals surface area contributed by atoms with Crippen LogP contribution in [0, 0.1) is 19.8 Å². The Labute approximate surface area is 115 Å². The van der Waals surface area contributed by atoms with Crippen LogP contribution in [0.15, 0.2) is 11.0 Å². The summed E-state index contributed by atoms with van der Waals surface area (Å²) >= 11 is 1.45. The van der Waals surface area contributed by atoms with Crippen molar-refractivity contribution in [3.05, 3.63) is 32.7 Å². The van der Waals surface area contributed by atoms with Gasteiger partial charge in [-0.15, -0.1) is 11.3 Å². The molecule has 1 amide bonds. The number of nitrogens with one attached hydrogen (secondary N) is 1. The van der Waals surface area contributed by atoms with Gasteiger partial charge in [0.1, 0.15) is 5.56 Å². The van der Waals surface area contributed by atoms with Crippen molar-refractivity contribution in [3.8, 4) is 0 Å².